The molecule has 1 N–H and O–H groups in total. The van der Waals surface area contributed by atoms with Crippen LogP contribution in [0.15, 0.2) is 45.7 Å². The second-order valence-corrected chi connectivity index (χ2v) is 6.01. The average molecular weight is 406 g/mol. The maximum atomic E-state index is 12.2. The van der Waals surface area contributed by atoms with Gasteiger partial charge in [-0.2, -0.15) is 10.1 Å². The molecule has 0 bridgehead atoms. The molecule has 1 amide bonds. The largest absolute Gasteiger partial charge is 0.494 e. The number of aromatic nitrogens is 4. The number of nitrogens with one attached hydrogen (secondary N) is 1. The maximum Gasteiger partial charge on any atom is 0.316 e. The Morgan fingerprint density at radius 2 is 2.24 bits per heavy atom. The third kappa shape index (κ3) is 4.44. The summed E-state index contributed by atoms with van der Waals surface area (Å²) in [6.07, 6.45) is 3.43. The molecule has 130 valence electrons. The molecule has 0 aliphatic carbocycles. The summed E-state index contributed by atoms with van der Waals surface area (Å²) in [5.74, 6) is 0.582. The summed E-state index contributed by atoms with van der Waals surface area (Å²) in [5.41, 5.74) is 0.874. The van der Waals surface area contributed by atoms with Crippen LogP contribution in [-0.4, -0.2) is 32.4 Å². The number of carbonyl (C=O) groups excluding carboxylic acids is 1. The maximum absolute atomic E-state index is 12.2. The van der Waals surface area contributed by atoms with E-state index in [4.69, 9.17) is 9.26 Å². The summed E-state index contributed by atoms with van der Waals surface area (Å²) < 4.78 is 13.0. The zero-order valence-corrected chi connectivity index (χ0v) is 15.1. The standard InChI is InChI=1S/C16H16BrN5O3/c1-2-24-13-6-4-3-5-11(13)7-18-15(23)16-20-14(21-25-16)10-22-9-12(17)8-19-22/h3-6,8-9H,2,7,10H2,1H3,(H,18,23). The quantitative estimate of drug-likeness (QED) is 0.648. The van der Waals surface area contributed by atoms with Gasteiger partial charge < -0.3 is 14.6 Å². The van der Waals surface area contributed by atoms with Crippen molar-refractivity contribution in [1.29, 1.82) is 0 Å². The van der Waals surface area contributed by atoms with Crippen molar-refractivity contribution < 1.29 is 14.1 Å². The van der Waals surface area contributed by atoms with Gasteiger partial charge in [-0.05, 0) is 28.9 Å². The molecule has 0 atom stereocenters. The van der Waals surface area contributed by atoms with Gasteiger partial charge in [0.15, 0.2) is 5.82 Å². The van der Waals surface area contributed by atoms with Crippen LogP contribution >= 0.6 is 15.9 Å². The van der Waals surface area contributed by atoms with E-state index >= 15 is 0 Å². The minimum absolute atomic E-state index is 0.0879. The van der Waals surface area contributed by atoms with E-state index in [9.17, 15) is 4.79 Å². The number of ether oxygens (including phenoxy) is 1. The van der Waals surface area contributed by atoms with Crippen LogP contribution < -0.4 is 10.1 Å². The van der Waals surface area contributed by atoms with Gasteiger partial charge in [-0.3, -0.25) is 9.48 Å². The van der Waals surface area contributed by atoms with Gasteiger partial charge in [0.25, 0.3) is 0 Å². The molecular formula is C16H16BrN5O3. The van der Waals surface area contributed by atoms with Gasteiger partial charge in [-0.15, -0.1) is 0 Å². The van der Waals surface area contributed by atoms with Crippen molar-refractivity contribution in [2.45, 2.75) is 20.0 Å². The summed E-state index contributed by atoms with van der Waals surface area (Å²) in [6, 6.07) is 7.52. The molecule has 3 rings (SSSR count). The van der Waals surface area contributed by atoms with Gasteiger partial charge in [-0.1, -0.05) is 23.4 Å². The fourth-order valence-electron chi connectivity index (χ4n) is 2.18. The minimum Gasteiger partial charge on any atom is -0.494 e. The van der Waals surface area contributed by atoms with E-state index in [1.807, 2.05) is 31.2 Å². The average Bonchev–Trinajstić information content (AvgIpc) is 3.23. The zero-order chi connectivity index (χ0) is 17.6. The lowest BCUT2D eigenvalue weighted by atomic mass is 10.2. The molecule has 0 unspecified atom stereocenters. The van der Waals surface area contributed by atoms with E-state index in [1.54, 1.807) is 17.1 Å². The molecule has 0 saturated heterocycles. The number of rotatable bonds is 7. The third-order valence-electron chi connectivity index (χ3n) is 3.28. The van der Waals surface area contributed by atoms with Gasteiger partial charge in [0, 0.05) is 18.3 Å². The SMILES string of the molecule is CCOc1ccccc1CNC(=O)c1nc(Cn2cc(Br)cn2)no1. The van der Waals surface area contributed by atoms with Crippen molar-refractivity contribution in [2.24, 2.45) is 0 Å². The highest BCUT2D eigenvalue weighted by Crippen LogP contribution is 2.17. The van der Waals surface area contributed by atoms with Gasteiger partial charge in [-0.25, -0.2) is 0 Å². The third-order valence-corrected chi connectivity index (χ3v) is 3.69. The number of halogens is 1. The van der Waals surface area contributed by atoms with Gasteiger partial charge in [0.2, 0.25) is 0 Å². The Labute approximate surface area is 152 Å². The number of hydrogen-bond acceptors (Lipinski definition) is 6. The Kier molecular flexibility index (Phi) is 5.44. The molecule has 8 nitrogen and oxygen atoms in total. The summed E-state index contributed by atoms with van der Waals surface area (Å²) in [4.78, 5) is 16.3. The number of benzene rings is 1. The van der Waals surface area contributed by atoms with Crippen molar-refractivity contribution in [1.82, 2.24) is 25.2 Å². The number of amides is 1. The topological polar surface area (TPSA) is 95.1 Å². The second kappa shape index (κ2) is 7.93. The van der Waals surface area contributed by atoms with Crippen molar-refractivity contribution in [3.63, 3.8) is 0 Å². The predicted octanol–water partition coefficient (Wildman–Crippen LogP) is 2.41. The van der Waals surface area contributed by atoms with Crippen molar-refractivity contribution in [2.75, 3.05) is 6.61 Å². The summed E-state index contributed by atoms with van der Waals surface area (Å²) in [5, 5.41) is 10.6. The Balaban J connectivity index is 1.60. The molecule has 0 fully saturated rings. The van der Waals surface area contributed by atoms with Crippen LogP contribution in [0, 0.1) is 0 Å². The second-order valence-electron chi connectivity index (χ2n) is 5.10. The molecule has 0 aliphatic rings. The molecule has 9 heteroatoms. The first-order valence-electron chi connectivity index (χ1n) is 7.65. The predicted molar refractivity (Wildman–Crippen MR) is 92.1 cm³/mol. The van der Waals surface area contributed by atoms with Gasteiger partial charge in [0.1, 0.15) is 12.3 Å². The van der Waals surface area contributed by atoms with Crippen molar-refractivity contribution in [3.8, 4) is 5.75 Å². The van der Waals surface area contributed by atoms with E-state index in [1.165, 1.54) is 0 Å². The highest BCUT2D eigenvalue weighted by molar-refractivity contribution is 9.10. The number of para-hydroxylation sites is 1. The van der Waals surface area contributed by atoms with Crippen molar-refractivity contribution in [3.05, 3.63) is 58.4 Å². The summed E-state index contributed by atoms with van der Waals surface area (Å²) >= 11 is 3.31. The fraction of sp³-hybridized carbons (Fsp3) is 0.250. The normalized spacial score (nSPS) is 10.6. The first-order chi connectivity index (χ1) is 12.2. The highest BCUT2D eigenvalue weighted by Gasteiger charge is 2.16. The van der Waals surface area contributed by atoms with E-state index in [0.29, 0.717) is 25.5 Å². The molecule has 0 radical (unpaired) electrons. The zero-order valence-electron chi connectivity index (χ0n) is 13.5. The lowest BCUT2D eigenvalue weighted by Crippen LogP contribution is -2.23. The van der Waals surface area contributed by atoms with Crippen LogP contribution in [-0.2, 0) is 13.1 Å². The number of nitrogens with zero attached hydrogens (tertiary/aromatic N) is 4. The molecule has 0 saturated carbocycles. The monoisotopic (exact) mass is 405 g/mol. The molecule has 2 aromatic heterocycles. The summed E-state index contributed by atoms with van der Waals surface area (Å²) in [6.45, 7) is 3.09. The van der Waals surface area contributed by atoms with Crippen LogP contribution in [0.3, 0.4) is 0 Å². The van der Waals surface area contributed by atoms with Crippen LogP contribution in [0.1, 0.15) is 29.0 Å². The Morgan fingerprint density at radius 1 is 1.40 bits per heavy atom. The van der Waals surface area contributed by atoms with Crippen molar-refractivity contribution >= 4 is 21.8 Å². The van der Waals surface area contributed by atoms with E-state index < -0.39 is 5.91 Å². The van der Waals surface area contributed by atoms with Gasteiger partial charge in [0.05, 0.1) is 17.3 Å². The number of hydrogen-bond donors (Lipinski definition) is 1. The van der Waals surface area contributed by atoms with Crippen LogP contribution in [0.2, 0.25) is 0 Å². The first-order valence-corrected chi connectivity index (χ1v) is 8.44. The Hall–Kier alpha value is -2.68. The van der Waals surface area contributed by atoms with Gasteiger partial charge >= 0.3 is 11.8 Å². The van der Waals surface area contributed by atoms with E-state index in [-0.39, 0.29) is 5.89 Å². The highest BCUT2D eigenvalue weighted by atomic mass is 79.9. The van der Waals surface area contributed by atoms with Crippen LogP contribution in [0.5, 0.6) is 5.75 Å². The fourth-order valence-corrected chi connectivity index (χ4v) is 2.51. The van der Waals surface area contributed by atoms with E-state index in [2.05, 4.69) is 36.5 Å². The molecule has 2 heterocycles. The minimum atomic E-state index is -0.438. The molecular weight excluding hydrogens is 390 g/mol. The first kappa shape index (κ1) is 17.2. The van der Waals surface area contributed by atoms with Crippen LogP contribution in [0.25, 0.3) is 0 Å². The lowest BCUT2D eigenvalue weighted by Gasteiger charge is -2.09. The molecule has 3 aromatic rings. The van der Waals surface area contributed by atoms with Crippen LogP contribution in [0.4, 0.5) is 0 Å². The number of carbonyl (C=O) groups is 1. The molecule has 0 spiro atoms. The Morgan fingerprint density at radius 3 is 3.00 bits per heavy atom. The smallest absolute Gasteiger partial charge is 0.316 e. The Bertz CT molecular complexity index is 861. The lowest BCUT2D eigenvalue weighted by molar-refractivity contribution is 0.0906. The summed E-state index contributed by atoms with van der Waals surface area (Å²) in [7, 11) is 0. The molecule has 0 aliphatic heterocycles. The molecule has 25 heavy (non-hydrogen) atoms. The molecule has 1 aromatic carbocycles. The van der Waals surface area contributed by atoms with E-state index in [0.717, 1.165) is 15.8 Å².